The van der Waals surface area contributed by atoms with Crippen molar-refractivity contribution in [3.05, 3.63) is 40.7 Å². The summed E-state index contributed by atoms with van der Waals surface area (Å²) >= 11 is 0. The fraction of sp³-hybridized carbons (Fsp3) is 0.353. The number of nitrogens with zero attached hydrogens (tertiary/aromatic N) is 3. The van der Waals surface area contributed by atoms with Gasteiger partial charge in [0, 0.05) is 18.0 Å². The minimum absolute atomic E-state index is 0.0374. The maximum Gasteiger partial charge on any atom is 0.261 e. The van der Waals surface area contributed by atoms with Gasteiger partial charge in [-0.15, -0.1) is 0 Å². The number of aromatic nitrogens is 3. The second-order valence-electron chi connectivity index (χ2n) is 5.60. The lowest BCUT2D eigenvalue weighted by Gasteiger charge is -2.16. The van der Waals surface area contributed by atoms with Crippen LogP contribution >= 0.6 is 0 Å². The molecule has 3 heterocycles. The predicted molar refractivity (Wildman–Crippen MR) is 88.5 cm³/mol. The van der Waals surface area contributed by atoms with Gasteiger partial charge < -0.3 is 9.73 Å². The first-order valence-corrected chi connectivity index (χ1v) is 7.58. The Morgan fingerprint density at radius 2 is 2.17 bits per heavy atom. The van der Waals surface area contributed by atoms with Crippen LogP contribution in [0.5, 0.6) is 0 Å². The van der Waals surface area contributed by atoms with Crippen LogP contribution in [0, 0.1) is 19.3 Å². The maximum absolute atomic E-state index is 12.9. The minimum atomic E-state index is -0.126. The molecule has 3 rings (SSSR count). The second kappa shape index (κ2) is 5.76. The SMILES string of the molecule is CCNc1nc(C)c2cc(-c3c#coc3)c(=O)n(C(C)C)c2n1. The van der Waals surface area contributed by atoms with Gasteiger partial charge in [-0.1, -0.05) is 0 Å². The van der Waals surface area contributed by atoms with Gasteiger partial charge in [0.2, 0.25) is 5.95 Å². The largest absolute Gasteiger partial charge is 0.414 e. The molecule has 0 radical (unpaired) electrons. The van der Waals surface area contributed by atoms with Gasteiger partial charge in [0.25, 0.3) is 5.56 Å². The molecule has 23 heavy (non-hydrogen) atoms. The standard InChI is InChI=1S/C17H18N4O2/c1-5-18-17-19-11(4)13-8-14(12-6-7-23-9-12)16(22)21(10(2)3)15(13)20-17/h8-10H,5H2,1-4H3,(H,18,19,20). The van der Waals surface area contributed by atoms with Crippen molar-refractivity contribution in [2.75, 3.05) is 11.9 Å². The molecule has 3 aromatic heterocycles. The Morgan fingerprint density at radius 3 is 2.78 bits per heavy atom. The van der Waals surface area contributed by atoms with E-state index in [4.69, 9.17) is 4.42 Å². The highest BCUT2D eigenvalue weighted by atomic mass is 16.3. The molecule has 0 aliphatic carbocycles. The topological polar surface area (TPSA) is 73.0 Å². The highest BCUT2D eigenvalue weighted by molar-refractivity contribution is 5.83. The molecule has 0 spiro atoms. The van der Waals surface area contributed by atoms with Gasteiger partial charge >= 0.3 is 0 Å². The Kier molecular flexibility index (Phi) is 3.78. The summed E-state index contributed by atoms with van der Waals surface area (Å²) in [6.45, 7) is 8.52. The quantitative estimate of drug-likeness (QED) is 0.802. The molecule has 0 unspecified atom stereocenters. The molecule has 6 heteroatoms. The van der Waals surface area contributed by atoms with Gasteiger partial charge in [0.1, 0.15) is 18.2 Å². The Labute approximate surface area is 134 Å². The van der Waals surface area contributed by atoms with Gasteiger partial charge in [-0.05, 0) is 39.8 Å². The van der Waals surface area contributed by atoms with Crippen LogP contribution in [0.15, 0.2) is 21.5 Å². The van der Waals surface area contributed by atoms with Crippen LogP contribution in [0.2, 0.25) is 0 Å². The maximum atomic E-state index is 12.9. The molecule has 6 nitrogen and oxygen atoms in total. The van der Waals surface area contributed by atoms with Crippen LogP contribution in [0.25, 0.3) is 22.2 Å². The number of rotatable bonds is 4. The molecular weight excluding hydrogens is 292 g/mol. The van der Waals surface area contributed by atoms with Gasteiger partial charge in [0.05, 0.1) is 16.8 Å². The average molecular weight is 310 g/mol. The van der Waals surface area contributed by atoms with Crippen molar-refractivity contribution < 1.29 is 4.42 Å². The first-order valence-electron chi connectivity index (χ1n) is 7.58. The smallest absolute Gasteiger partial charge is 0.261 e. The Bertz CT molecular complexity index is 895. The summed E-state index contributed by atoms with van der Waals surface area (Å²) in [7, 11) is 0. The summed E-state index contributed by atoms with van der Waals surface area (Å²) in [5.74, 6) is 0.530. The minimum Gasteiger partial charge on any atom is -0.414 e. The monoisotopic (exact) mass is 310 g/mol. The molecule has 0 saturated heterocycles. The number of hydrogen-bond acceptors (Lipinski definition) is 5. The zero-order chi connectivity index (χ0) is 16.6. The molecule has 0 atom stereocenters. The molecule has 0 saturated carbocycles. The number of nitrogens with one attached hydrogen (secondary N) is 1. The molecule has 0 aromatic carbocycles. The van der Waals surface area contributed by atoms with Crippen LogP contribution in [0.3, 0.4) is 0 Å². The van der Waals surface area contributed by atoms with Crippen molar-refractivity contribution in [2.45, 2.75) is 33.7 Å². The molecule has 0 bridgehead atoms. The van der Waals surface area contributed by atoms with Gasteiger partial charge in [-0.2, -0.15) is 4.98 Å². The summed E-state index contributed by atoms with van der Waals surface area (Å²) in [6, 6.07) is 4.58. The number of hydrogen-bond donors (Lipinski definition) is 1. The normalized spacial score (nSPS) is 11.0. The van der Waals surface area contributed by atoms with E-state index >= 15 is 0 Å². The molecule has 0 aliphatic heterocycles. The van der Waals surface area contributed by atoms with Crippen LogP contribution in [0.1, 0.15) is 32.5 Å². The highest BCUT2D eigenvalue weighted by Crippen LogP contribution is 2.24. The third kappa shape index (κ3) is 2.55. The molecule has 1 N–H and O–H groups in total. The fourth-order valence-corrected chi connectivity index (χ4v) is 2.59. The van der Waals surface area contributed by atoms with Gasteiger partial charge in [-0.3, -0.25) is 9.36 Å². The summed E-state index contributed by atoms with van der Waals surface area (Å²) in [4.78, 5) is 21.9. The lowest BCUT2D eigenvalue weighted by molar-refractivity contribution is 0.566. The number of fused-ring (bicyclic) bond motifs is 1. The fourth-order valence-electron chi connectivity index (χ4n) is 2.59. The van der Waals surface area contributed by atoms with E-state index in [1.165, 1.54) is 6.26 Å². The molecule has 0 fully saturated rings. The molecule has 0 amide bonds. The average Bonchev–Trinajstić information content (AvgIpc) is 3.00. The summed E-state index contributed by atoms with van der Waals surface area (Å²) in [6.07, 6.45) is 3.97. The van der Waals surface area contributed by atoms with Crippen LogP contribution in [-0.4, -0.2) is 21.1 Å². The van der Waals surface area contributed by atoms with Crippen LogP contribution < -0.4 is 10.9 Å². The van der Waals surface area contributed by atoms with Crippen molar-refractivity contribution in [3.8, 4) is 11.1 Å². The number of anilines is 1. The third-order valence-corrected chi connectivity index (χ3v) is 3.65. The van der Waals surface area contributed by atoms with E-state index in [2.05, 4.69) is 27.6 Å². The van der Waals surface area contributed by atoms with E-state index in [0.717, 1.165) is 17.6 Å². The van der Waals surface area contributed by atoms with Crippen LogP contribution in [-0.2, 0) is 0 Å². The van der Waals surface area contributed by atoms with Crippen molar-refractivity contribution in [1.29, 1.82) is 0 Å². The molecule has 3 aromatic rings. The second-order valence-corrected chi connectivity index (χ2v) is 5.60. The number of pyridine rings is 1. The van der Waals surface area contributed by atoms with Crippen molar-refractivity contribution >= 4 is 17.0 Å². The van der Waals surface area contributed by atoms with Gasteiger partial charge in [-0.25, -0.2) is 4.98 Å². The van der Waals surface area contributed by atoms with Gasteiger partial charge in [0.15, 0.2) is 0 Å². The lowest BCUT2D eigenvalue weighted by Crippen LogP contribution is -2.25. The lowest BCUT2D eigenvalue weighted by atomic mass is 10.1. The Morgan fingerprint density at radius 1 is 1.39 bits per heavy atom. The zero-order valence-electron chi connectivity index (χ0n) is 13.6. The summed E-state index contributed by atoms with van der Waals surface area (Å²) in [5.41, 5.74) is 2.42. The first-order chi connectivity index (χ1) is 11.0. The van der Waals surface area contributed by atoms with E-state index < -0.39 is 0 Å². The first kappa shape index (κ1) is 15.1. The van der Waals surface area contributed by atoms with Crippen molar-refractivity contribution in [3.63, 3.8) is 0 Å². The van der Waals surface area contributed by atoms with Crippen LogP contribution in [0.4, 0.5) is 5.95 Å². The van der Waals surface area contributed by atoms with E-state index in [1.54, 1.807) is 10.6 Å². The van der Waals surface area contributed by atoms with Crippen molar-refractivity contribution in [2.24, 2.45) is 0 Å². The molecule has 118 valence electrons. The van der Waals surface area contributed by atoms with E-state index in [-0.39, 0.29) is 11.6 Å². The summed E-state index contributed by atoms with van der Waals surface area (Å²) < 4.78 is 6.63. The predicted octanol–water partition coefficient (Wildman–Crippen LogP) is 2.97. The molecule has 0 aliphatic rings. The third-order valence-electron chi connectivity index (χ3n) is 3.65. The van der Waals surface area contributed by atoms with E-state index in [9.17, 15) is 4.79 Å². The van der Waals surface area contributed by atoms with E-state index in [1.807, 2.05) is 27.7 Å². The number of aryl methyl sites for hydroxylation is 1. The summed E-state index contributed by atoms with van der Waals surface area (Å²) in [5, 5.41) is 3.94. The zero-order valence-corrected chi connectivity index (χ0v) is 13.6. The highest BCUT2D eigenvalue weighted by Gasteiger charge is 2.17. The Hall–Kier alpha value is -2.81. The van der Waals surface area contributed by atoms with Crippen molar-refractivity contribution in [1.82, 2.24) is 14.5 Å². The molecular formula is C17H18N4O2. The Balaban J connectivity index is 2.39. The van der Waals surface area contributed by atoms with E-state index in [0.29, 0.717) is 22.7 Å².